The molecule has 0 radical (unpaired) electrons. The Morgan fingerprint density at radius 1 is 1.64 bits per heavy atom. The molecule has 0 amide bonds. The van der Waals surface area contributed by atoms with Crippen LogP contribution < -0.4 is 0 Å². The van der Waals surface area contributed by atoms with Gasteiger partial charge in [-0.05, 0) is 27.7 Å². The van der Waals surface area contributed by atoms with Crippen molar-refractivity contribution in [3.8, 4) is 0 Å². The fourth-order valence-electron chi connectivity index (χ4n) is 1.80. The van der Waals surface area contributed by atoms with E-state index in [1.807, 2.05) is 25.7 Å². The molecule has 1 saturated heterocycles. The molecule has 0 saturated carbocycles. The number of aliphatic carboxylic acids is 1. The lowest BCUT2D eigenvalue weighted by Gasteiger charge is -2.46. The van der Waals surface area contributed by atoms with Crippen LogP contribution in [0, 0.1) is 0 Å². The molecule has 4 nitrogen and oxygen atoms in total. The summed E-state index contributed by atoms with van der Waals surface area (Å²) in [6.07, 6.45) is 0. The van der Waals surface area contributed by atoms with Gasteiger partial charge in [0.05, 0.1) is 12.2 Å². The molecule has 1 aliphatic rings. The molecule has 0 aromatic carbocycles. The number of carboxylic acid groups (broad SMARTS) is 1. The van der Waals surface area contributed by atoms with Gasteiger partial charge in [0.25, 0.3) is 0 Å². The smallest absolute Gasteiger partial charge is 0.320 e. The number of nitrogens with zero attached hydrogens (tertiary/aromatic N) is 1. The molecule has 0 aromatic rings. The molecular formula is C10H19NO3. The van der Waals surface area contributed by atoms with Crippen molar-refractivity contribution in [2.75, 3.05) is 13.2 Å². The number of carbonyl (C=O) groups is 1. The Bertz CT molecular complexity index is 227. The maximum absolute atomic E-state index is 10.9. The van der Waals surface area contributed by atoms with Gasteiger partial charge in [-0.25, -0.2) is 0 Å². The van der Waals surface area contributed by atoms with Gasteiger partial charge in [0.1, 0.15) is 6.04 Å². The molecule has 1 aliphatic heterocycles. The lowest BCUT2D eigenvalue weighted by molar-refractivity contribution is -0.158. The zero-order valence-corrected chi connectivity index (χ0v) is 9.28. The van der Waals surface area contributed by atoms with Gasteiger partial charge in [0.2, 0.25) is 0 Å². The second-order valence-corrected chi connectivity index (χ2v) is 4.38. The Morgan fingerprint density at radius 3 is 2.71 bits per heavy atom. The van der Waals surface area contributed by atoms with Crippen LogP contribution in [0.3, 0.4) is 0 Å². The summed E-state index contributed by atoms with van der Waals surface area (Å²) in [4.78, 5) is 12.9. The van der Waals surface area contributed by atoms with Crippen molar-refractivity contribution >= 4 is 5.97 Å². The Morgan fingerprint density at radius 2 is 2.21 bits per heavy atom. The number of morpholine rings is 1. The maximum Gasteiger partial charge on any atom is 0.320 e. The van der Waals surface area contributed by atoms with Gasteiger partial charge >= 0.3 is 5.97 Å². The molecule has 4 heteroatoms. The van der Waals surface area contributed by atoms with Crippen LogP contribution in [0.5, 0.6) is 0 Å². The third kappa shape index (κ3) is 2.07. The van der Waals surface area contributed by atoms with Crippen LogP contribution >= 0.6 is 0 Å². The van der Waals surface area contributed by atoms with E-state index in [0.29, 0.717) is 13.2 Å². The molecule has 1 rings (SSSR count). The molecule has 1 N–H and O–H groups in total. The van der Waals surface area contributed by atoms with E-state index in [0.717, 1.165) is 0 Å². The van der Waals surface area contributed by atoms with E-state index in [4.69, 9.17) is 9.84 Å². The Kier molecular flexibility index (Phi) is 3.17. The molecule has 0 aliphatic carbocycles. The predicted molar refractivity (Wildman–Crippen MR) is 53.3 cm³/mol. The average Bonchev–Trinajstić information content (AvgIpc) is 2.08. The van der Waals surface area contributed by atoms with E-state index in [9.17, 15) is 4.79 Å². The average molecular weight is 201 g/mol. The summed E-state index contributed by atoms with van der Waals surface area (Å²) in [6, 6.07) is -0.310. The highest BCUT2D eigenvalue weighted by Gasteiger charge is 2.39. The van der Waals surface area contributed by atoms with Crippen molar-refractivity contribution in [3.05, 3.63) is 0 Å². The number of rotatable bonds is 2. The van der Waals surface area contributed by atoms with Gasteiger partial charge < -0.3 is 9.84 Å². The van der Waals surface area contributed by atoms with E-state index in [1.54, 1.807) is 6.92 Å². The number of carboxylic acids is 1. The predicted octanol–water partition coefficient (Wildman–Crippen LogP) is 0.959. The molecule has 0 spiro atoms. The summed E-state index contributed by atoms with van der Waals surface area (Å²) >= 11 is 0. The molecule has 14 heavy (non-hydrogen) atoms. The molecule has 1 fully saturated rings. The fourth-order valence-corrected chi connectivity index (χ4v) is 1.80. The number of hydrogen-bond acceptors (Lipinski definition) is 3. The lowest BCUT2D eigenvalue weighted by Crippen LogP contribution is -2.59. The second kappa shape index (κ2) is 3.87. The van der Waals surface area contributed by atoms with E-state index >= 15 is 0 Å². The first-order valence-electron chi connectivity index (χ1n) is 4.99. The van der Waals surface area contributed by atoms with Crippen LogP contribution in [-0.2, 0) is 9.53 Å². The molecule has 0 bridgehead atoms. The largest absolute Gasteiger partial charge is 0.480 e. The van der Waals surface area contributed by atoms with Crippen molar-refractivity contribution in [1.82, 2.24) is 4.90 Å². The van der Waals surface area contributed by atoms with Crippen molar-refractivity contribution in [1.29, 1.82) is 0 Å². The third-order valence-electron chi connectivity index (χ3n) is 3.18. The topological polar surface area (TPSA) is 49.8 Å². The standard InChI is InChI=1S/C10H19NO3/c1-7(9(12)13)11-5-6-14-10(3,4)8(11)2/h7-8H,5-6H2,1-4H3,(H,12,13). The fraction of sp³-hybridized carbons (Fsp3) is 0.900. The van der Waals surface area contributed by atoms with Crippen molar-refractivity contribution in [2.24, 2.45) is 0 Å². The minimum absolute atomic E-state index is 0.127. The summed E-state index contributed by atoms with van der Waals surface area (Å²) in [5.74, 6) is -0.769. The molecule has 0 aromatic heterocycles. The second-order valence-electron chi connectivity index (χ2n) is 4.38. The van der Waals surface area contributed by atoms with Crippen LogP contribution in [0.1, 0.15) is 27.7 Å². The van der Waals surface area contributed by atoms with Crippen LogP contribution in [0.15, 0.2) is 0 Å². The van der Waals surface area contributed by atoms with Crippen LogP contribution in [0.4, 0.5) is 0 Å². The summed E-state index contributed by atoms with van der Waals surface area (Å²) < 4.78 is 5.60. The highest BCUT2D eigenvalue weighted by atomic mass is 16.5. The first-order chi connectivity index (χ1) is 6.36. The molecule has 2 unspecified atom stereocenters. The van der Waals surface area contributed by atoms with Gasteiger partial charge in [-0.1, -0.05) is 0 Å². The SMILES string of the molecule is CC(C(=O)O)N1CCOC(C)(C)C1C. The zero-order chi connectivity index (χ0) is 10.9. The third-order valence-corrected chi connectivity index (χ3v) is 3.18. The molecular weight excluding hydrogens is 182 g/mol. The number of ether oxygens (including phenoxy) is 1. The maximum atomic E-state index is 10.9. The Labute approximate surface area is 84.8 Å². The van der Waals surface area contributed by atoms with Crippen LogP contribution in [0.25, 0.3) is 0 Å². The van der Waals surface area contributed by atoms with E-state index < -0.39 is 12.0 Å². The van der Waals surface area contributed by atoms with Crippen LogP contribution in [0.2, 0.25) is 0 Å². The highest BCUT2D eigenvalue weighted by molar-refractivity contribution is 5.73. The molecule has 1 heterocycles. The highest BCUT2D eigenvalue weighted by Crippen LogP contribution is 2.25. The lowest BCUT2D eigenvalue weighted by atomic mass is 9.95. The first-order valence-corrected chi connectivity index (χ1v) is 4.99. The Hall–Kier alpha value is -0.610. The van der Waals surface area contributed by atoms with E-state index in [2.05, 4.69) is 0 Å². The molecule has 82 valence electrons. The van der Waals surface area contributed by atoms with Crippen LogP contribution in [-0.4, -0.2) is 46.8 Å². The van der Waals surface area contributed by atoms with E-state index in [1.165, 1.54) is 0 Å². The minimum Gasteiger partial charge on any atom is -0.480 e. The van der Waals surface area contributed by atoms with Crippen molar-refractivity contribution < 1.29 is 14.6 Å². The van der Waals surface area contributed by atoms with Crippen molar-refractivity contribution in [3.63, 3.8) is 0 Å². The van der Waals surface area contributed by atoms with Crippen molar-refractivity contribution in [2.45, 2.75) is 45.4 Å². The first kappa shape index (κ1) is 11.5. The van der Waals surface area contributed by atoms with Gasteiger partial charge in [-0.15, -0.1) is 0 Å². The number of hydrogen-bond donors (Lipinski definition) is 1. The van der Waals surface area contributed by atoms with E-state index in [-0.39, 0.29) is 11.6 Å². The van der Waals surface area contributed by atoms with Gasteiger partial charge in [-0.2, -0.15) is 0 Å². The Balaban J connectivity index is 2.74. The summed E-state index contributed by atoms with van der Waals surface area (Å²) in [7, 11) is 0. The quantitative estimate of drug-likeness (QED) is 0.723. The summed E-state index contributed by atoms with van der Waals surface area (Å²) in [5.41, 5.74) is -0.262. The van der Waals surface area contributed by atoms with Gasteiger partial charge in [-0.3, -0.25) is 9.69 Å². The summed E-state index contributed by atoms with van der Waals surface area (Å²) in [5, 5.41) is 8.94. The minimum atomic E-state index is -0.769. The molecule has 2 atom stereocenters. The van der Waals surface area contributed by atoms with Gasteiger partial charge in [0.15, 0.2) is 0 Å². The van der Waals surface area contributed by atoms with Gasteiger partial charge in [0, 0.05) is 12.6 Å². The summed E-state index contributed by atoms with van der Waals surface area (Å²) in [6.45, 7) is 9.03. The monoisotopic (exact) mass is 201 g/mol. The zero-order valence-electron chi connectivity index (χ0n) is 9.28. The normalized spacial score (nSPS) is 29.9.